The first-order valence-corrected chi connectivity index (χ1v) is 8.12. The first-order valence-electron chi connectivity index (χ1n) is 8.12. The molecule has 0 fully saturated rings. The van der Waals surface area contributed by atoms with Crippen LogP contribution in [0.2, 0.25) is 0 Å². The van der Waals surface area contributed by atoms with Gasteiger partial charge in [-0.15, -0.1) is 0 Å². The highest BCUT2D eigenvalue weighted by Crippen LogP contribution is 2.06. The van der Waals surface area contributed by atoms with E-state index in [9.17, 15) is 14.4 Å². The number of amides is 2. The average molecular weight is 354 g/mol. The molecule has 3 rings (SSSR count). The van der Waals surface area contributed by atoms with E-state index in [1.54, 1.807) is 43.4 Å². The van der Waals surface area contributed by atoms with Crippen molar-refractivity contribution in [1.29, 1.82) is 0 Å². The largest absolute Gasteiger partial charge is 0.459 e. The second kappa shape index (κ2) is 7.64. The predicted octanol–water partition coefficient (Wildman–Crippen LogP) is 1.41. The van der Waals surface area contributed by atoms with Gasteiger partial charge in [0, 0.05) is 20.1 Å². The van der Waals surface area contributed by atoms with E-state index in [0.717, 1.165) is 0 Å². The van der Waals surface area contributed by atoms with E-state index in [1.165, 1.54) is 11.2 Å². The number of hydrogen-bond acceptors (Lipinski definition) is 5. The summed E-state index contributed by atoms with van der Waals surface area (Å²) in [7, 11) is 1.66. The van der Waals surface area contributed by atoms with Crippen LogP contribution in [-0.4, -0.2) is 46.8 Å². The van der Waals surface area contributed by atoms with Crippen LogP contribution in [0.5, 0.6) is 0 Å². The molecule has 0 saturated heterocycles. The van der Waals surface area contributed by atoms with Crippen LogP contribution >= 0.6 is 0 Å². The first-order chi connectivity index (χ1) is 12.6. The Hall–Kier alpha value is -3.42. The highest BCUT2D eigenvalue weighted by Gasteiger charge is 2.14. The van der Waals surface area contributed by atoms with Crippen LogP contribution in [0.25, 0.3) is 10.9 Å². The second-order valence-electron chi connectivity index (χ2n) is 5.75. The zero-order valence-electron chi connectivity index (χ0n) is 14.2. The summed E-state index contributed by atoms with van der Waals surface area (Å²) >= 11 is 0. The Balaban J connectivity index is 1.53. The molecule has 134 valence electrons. The molecule has 2 amide bonds. The van der Waals surface area contributed by atoms with Gasteiger partial charge in [0.2, 0.25) is 0 Å². The minimum absolute atomic E-state index is 0.0336. The number of carbonyl (C=O) groups is 2. The van der Waals surface area contributed by atoms with E-state index in [-0.39, 0.29) is 23.1 Å². The van der Waals surface area contributed by atoms with Gasteiger partial charge in [0.15, 0.2) is 11.6 Å². The molecule has 1 aromatic carbocycles. The summed E-state index contributed by atoms with van der Waals surface area (Å²) in [6, 6.07) is 10.1. The number of hydrogen-bond donors (Lipinski definition) is 2. The number of aromatic amines is 1. The zero-order chi connectivity index (χ0) is 18.5. The fourth-order valence-corrected chi connectivity index (χ4v) is 2.49. The molecule has 8 heteroatoms. The fourth-order valence-electron chi connectivity index (χ4n) is 2.49. The Morgan fingerprint density at radius 3 is 2.81 bits per heavy atom. The number of rotatable bonds is 6. The van der Waals surface area contributed by atoms with E-state index in [1.807, 2.05) is 0 Å². The SMILES string of the molecule is CN(CCCNC(=O)c1nc2ccccc2c(=O)[nH]1)C(=O)c1ccco1. The highest BCUT2D eigenvalue weighted by atomic mass is 16.3. The van der Waals surface area contributed by atoms with Crippen molar-refractivity contribution in [3.63, 3.8) is 0 Å². The molecule has 2 aromatic heterocycles. The third-order valence-electron chi connectivity index (χ3n) is 3.86. The summed E-state index contributed by atoms with van der Waals surface area (Å²) in [5, 5.41) is 3.12. The van der Waals surface area contributed by atoms with Crippen molar-refractivity contribution in [1.82, 2.24) is 20.2 Å². The van der Waals surface area contributed by atoms with Crippen molar-refractivity contribution < 1.29 is 14.0 Å². The molecule has 0 radical (unpaired) electrons. The lowest BCUT2D eigenvalue weighted by Crippen LogP contribution is -2.32. The van der Waals surface area contributed by atoms with Crippen molar-refractivity contribution in [2.24, 2.45) is 0 Å². The van der Waals surface area contributed by atoms with Crippen molar-refractivity contribution in [3.05, 3.63) is 64.6 Å². The van der Waals surface area contributed by atoms with E-state index >= 15 is 0 Å². The molecule has 0 aliphatic carbocycles. The standard InChI is InChI=1S/C18H18N4O4/c1-22(18(25)14-8-4-11-26-14)10-5-9-19-17(24)15-20-13-7-3-2-6-12(13)16(23)21-15/h2-4,6-8,11H,5,9-10H2,1H3,(H,19,24)(H,20,21,23). The van der Waals surface area contributed by atoms with Gasteiger partial charge in [-0.25, -0.2) is 4.98 Å². The molecule has 0 bridgehead atoms. The van der Waals surface area contributed by atoms with Gasteiger partial charge in [-0.05, 0) is 30.7 Å². The van der Waals surface area contributed by atoms with E-state index in [4.69, 9.17) is 4.42 Å². The third-order valence-corrected chi connectivity index (χ3v) is 3.86. The normalized spacial score (nSPS) is 10.7. The summed E-state index contributed by atoms with van der Waals surface area (Å²) in [6.07, 6.45) is 1.99. The number of para-hydroxylation sites is 1. The molecule has 2 heterocycles. The summed E-state index contributed by atoms with van der Waals surface area (Å²) in [6.45, 7) is 0.784. The highest BCUT2D eigenvalue weighted by molar-refractivity contribution is 5.92. The summed E-state index contributed by atoms with van der Waals surface area (Å²) in [5.41, 5.74) is 0.106. The number of H-pyrrole nitrogens is 1. The first kappa shape index (κ1) is 17.4. The second-order valence-corrected chi connectivity index (χ2v) is 5.75. The number of benzene rings is 1. The zero-order valence-corrected chi connectivity index (χ0v) is 14.2. The fraction of sp³-hybridized carbons (Fsp3) is 0.222. The smallest absolute Gasteiger partial charge is 0.289 e. The van der Waals surface area contributed by atoms with E-state index < -0.39 is 5.91 Å². The molecule has 0 aliphatic rings. The lowest BCUT2D eigenvalue weighted by molar-refractivity contribution is 0.0762. The maximum Gasteiger partial charge on any atom is 0.289 e. The minimum atomic E-state index is -0.465. The van der Waals surface area contributed by atoms with Gasteiger partial charge >= 0.3 is 0 Å². The molecule has 0 saturated carbocycles. The summed E-state index contributed by atoms with van der Waals surface area (Å²) < 4.78 is 5.06. The minimum Gasteiger partial charge on any atom is -0.459 e. The lowest BCUT2D eigenvalue weighted by Gasteiger charge is -2.15. The Labute approximate surface area is 148 Å². The number of nitrogens with one attached hydrogen (secondary N) is 2. The van der Waals surface area contributed by atoms with Crippen LogP contribution < -0.4 is 10.9 Å². The molecular formula is C18H18N4O4. The molecule has 0 unspecified atom stereocenters. The van der Waals surface area contributed by atoms with E-state index in [0.29, 0.717) is 30.4 Å². The van der Waals surface area contributed by atoms with Gasteiger partial charge in [-0.3, -0.25) is 14.4 Å². The van der Waals surface area contributed by atoms with Gasteiger partial charge < -0.3 is 19.6 Å². The molecule has 8 nitrogen and oxygen atoms in total. The van der Waals surface area contributed by atoms with E-state index in [2.05, 4.69) is 15.3 Å². The van der Waals surface area contributed by atoms with Crippen molar-refractivity contribution in [2.45, 2.75) is 6.42 Å². The average Bonchev–Trinajstić information content (AvgIpc) is 3.19. The molecular weight excluding hydrogens is 336 g/mol. The molecule has 0 atom stereocenters. The van der Waals surface area contributed by atoms with Crippen LogP contribution in [0.4, 0.5) is 0 Å². The van der Waals surface area contributed by atoms with Crippen LogP contribution in [0.3, 0.4) is 0 Å². The Morgan fingerprint density at radius 2 is 2.04 bits per heavy atom. The van der Waals surface area contributed by atoms with Crippen LogP contribution in [-0.2, 0) is 0 Å². The Kier molecular flexibility index (Phi) is 5.12. The predicted molar refractivity (Wildman–Crippen MR) is 95.0 cm³/mol. The Bertz CT molecular complexity index is 978. The number of nitrogens with zero attached hydrogens (tertiary/aromatic N) is 2. The van der Waals surface area contributed by atoms with Crippen LogP contribution in [0, 0.1) is 0 Å². The topological polar surface area (TPSA) is 108 Å². The maximum absolute atomic E-state index is 12.2. The molecule has 0 spiro atoms. The van der Waals surface area contributed by atoms with Crippen molar-refractivity contribution in [2.75, 3.05) is 20.1 Å². The Morgan fingerprint density at radius 1 is 1.23 bits per heavy atom. The van der Waals surface area contributed by atoms with Crippen LogP contribution in [0.1, 0.15) is 27.6 Å². The van der Waals surface area contributed by atoms with Gasteiger partial charge in [0.25, 0.3) is 17.4 Å². The third kappa shape index (κ3) is 3.80. The maximum atomic E-state index is 12.2. The lowest BCUT2D eigenvalue weighted by atomic mass is 10.2. The molecule has 26 heavy (non-hydrogen) atoms. The monoisotopic (exact) mass is 354 g/mol. The number of carbonyl (C=O) groups excluding carboxylic acids is 2. The van der Waals surface area contributed by atoms with Crippen LogP contribution in [0.15, 0.2) is 51.9 Å². The molecule has 0 aliphatic heterocycles. The van der Waals surface area contributed by atoms with Crippen molar-refractivity contribution in [3.8, 4) is 0 Å². The summed E-state index contributed by atoms with van der Waals surface area (Å²) in [5.74, 6) is -0.446. The number of aromatic nitrogens is 2. The number of fused-ring (bicyclic) bond motifs is 1. The van der Waals surface area contributed by atoms with Gasteiger partial charge in [-0.1, -0.05) is 12.1 Å². The number of furan rings is 1. The quantitative estimate of drug-likeness (QED) is 0.651. The van der Waals surface area contributed by atoms with Crippen molar-refractivity contribution >= 4 is 22.7 Å². The van der Waals surface area contributed by atoms with Gasteiger partial charge in [0.05, 0.1) is 17.2 Å². The molecule has 2 N–H and O–H groups in total. The van der Waals surface area contributed by atoms with Gasteiger partial charge in [0.1, 0.15) is 0 Å². The summed E-state index contributed by atoms with van der Waals surface area (Å²) in [4.78, 5) is 44.3. The van der Waals surface area contributed by atoms with Gasteiger partial charge in [-0.2, -0.15) is 0 Å². The molecule has 3 aromatic rings.